The van der Waals surface area contributed by atoms with Gasteiger partial charge in [-0.2, -0.15) is 0 Å². The van der Waals surface area contributed by atoms with Crippen LogP contribution in [0.4, 0.5) is 0 Å². The maximum Gasteiger partial charge on any atom is 0.345 e. The molecule has 1 aliphatic rings. The summed E-state index contributed by atoms with van der Waals surface area (Å²) in [5.74, 6) is 0.820. The first-order valence-corrected chi connectivity index (χ1v) is 11.7. The molecule has 0 aliphatic carbocycles. The van der Waals surface area contributed by atoms with Crippen LogP contribution in [0, 0.1) is 6.92 Å². The second-order valence-corrected chi connectivity index (χ2v) is 8.60. The number of hydrogen-bond donors (Lipinski definition) is 1. The van der Waals surface area contributed by atoms with E-state index in [1.165, 1.54) is 12.1 Å². The molecule has 1 amide bonds. The monoisotopic (exact) mass is 500 g/mol. The Labute approximate surface area is 210 Å². The van der Waals surface area contributed by atoms with Crippen molar-refractivity contribution >= 4 is 5.91 Å². The van der Waals surface area contributed by atoms with E-state index >= 15 is 0 Å². The molecule has 1 fully saturated rings. The first kappa shape index (κ1) is 23.9. The molecule has 0 spiro atoms. The lowest BCUT2D eigenvalue weighted by molar-refractivity contribution is -0.136. The highest BCUT2D eigenvalue weighted by Crippen LogP contribution is 2.33. The zero-order chi connectivity index (χ0) is 25.9. The number of aryl methyl sites for hydroxylation is 1. The van der Waals surface area contributed by atoms with Crippen LogP contribution in [0.5, 0.6) is 17.2 Å². The molecule has 1 aromatic heterocycles. The smallest absolute Gasteiger partial charge is 0.345 e. The number of carbonyl (C=O) groups is 1. The molecule has 10 heteroatoms. The molecule has 4 aromatic rings. The van der Waals surface area contributed by atoms with Crippen LogP contribution >= 0.6 is 0 Å². The van der Waals surface area contributed by atoms with E-state index in [1.54, 1.807) is 41.3 Å². The van der Waals surface area contributed by atoms with Crippen molar-refractivity contribution in [2.45, 2.75) is 13.3 Å². The normalized spacial score (nSPS) is 12.6. The molecule has 3 aromatic carbocycles. The molecule has 1 aliphatic heterocycles. The van der Waals surface area contributed by atoms with Gasteiger partial charge in [-0.05, 0) is 55.3 Å². The third kappa shape index (κ3) is 4.94. The molecule has 0 unspecified atom stereocenters. The fraction of sp³-hybridized carbons (Fsp3) is 0.185. The van der Waals surface area contributed by atoms with Gasteiger partial charge in [0.05, 0.1) is 11.4 Å². The van der Waals surface area contributed by atoms with Crippen molar-refractivity contribution < 1.29 is 14.3 Å². The van der Waals surface area contributed by atoms with Gasteiger partial charge in [-0.3, -0.25) is 9.78 Å². The van der Waals surface area contributed by atoms with E-state index in [9.17, 15) is 19.2 Å². The molecule has 0 saturated carbocycles. The van der Waals surface area contributed by atoms with Crippen LogP contribution in [0.1, 0.15) is 12.0 Å². The Hall–Kier alpha value is -4.86. The van der Waals surface area contributed by atoms with Crippen molar-refractivity contribution in [2.24, 2.45) is 0 Å². The lowest BCUT2D eigenvalue weighted by atomic mass is 10.2. The number of nitrogens with one attached hydrogen (secondary N) is 1. The molecule has 1 saturated heterocycles. The molecule has 188 valence electrons. The predicted octanol–water partition coefficient (Wildman–Crippen LogP) is 2.39. The van der Waals surface area contributed by atoms with Crippen molar-refractivity contribution in [1.82, 2.24) is 19.0 Å². The number of ether oxygens (including phenoxy) is 2. The number of H-pyrrole nitrogens is 1. The topological polar surface area (TPSA) is 116 Å². The first-order chi connectivity index (χ1) is 17.9. The minimum Gasteiger partial charge on any atom is -0.480 e. The van der Waals surface area contributed by atoms with Gasteiger partial charge >= 0.3 is 17.1 Å². The zero-order valence-corrected chi connectivity index (χ0v) is 20.0. The molecular formula is C27H24N4O6. The Morgan fingerprint density at radius 3 is 2.19 bits per heavy atom. The number of carbonyl (C=O) groups excluding carboxylic acids is 1. The molecule has 5 rings (SSSR count). The van der Waals surface area contributed by atoms with Crippen LogP contribution in [-0.4, -0.2) is 44.6 Å². The average molecular weight is 501 g/mol. The van der Waals surface area contributed by atoms with Crippen LogP contribution in [0.3, 0.4) is 0 Å². The fourth-order valence-corrected chi connectivity index (χ4v) is 3.94. The van der Waals surface area contributed by atoms with Crippen molar-refractivity contribution in [2.75, 3.05) is 19.7 Å². The summed E-state index contributed by atoms with van der Waals surface area (Å²) in [4.78, 5) is 55.0. The number of benzene rings is 3. The Balaban J connectivity index is 1.58. The van der Waals surface area contributed by atoms with E-state index in [0.717, 1.165) is 21.1 Å². The number of aromatic nitrogens is 3. The van der Waals surface area contributed by atoms with Crippen molar-refractivity contribution in [3.8, 4) is 28.6 Å². The predicted molar refractivity (Wildman–Crippen MR) is 136 cm³/mol. The van der Waals surface area contributed by atoms with Gasteiger partial charge in [-0.25, -0.2) is 23.5 Å². The van der Waals surface area contributed by atoms with Crippen LogP contribution < -0.4 is 26.5 Å². The minimum atomic E-state index is -0.904. The lowest BCUT2D eigenvalue weighted by Gasteiger charge is -2.30. The molecule has 10 nitrogen and oxygen atoms in total. The zero-order valence-electron chi connectivity index (χ0n) is 20.0. The van der Waals surface area contributed by atoms with Crippen molar-refractivity contribution in [3.05, 3.63) is 110 Å². The average Bonchev–Trinajstić information content (AvgIpc) is 2.83. The molecule has 2 heterocycles. The van der Waals surface area contributed by atoms with E-state index < -0.39 is 17.1 Å². The van der Waals surface area contributed by atoms with Gasteiger partial charge in [0.25, 0.3) is 5.91 Å². The summed E-state index contributed by atoms with van der Waals surface area (Å²) in [7, 11) is 0. The van der Waals surface area contributed by atoms with E-state index in [0.29, 0.717) is 30.3 Å². The quantitative estimate of drug-likeness (QED) is 0.417. The fourth-order valence-electron chi connectivity index (χ4n) is 3.94. The number of rotatable bonds is 7. The van der Waals surface area contributed by atoms with Crippen LogP contribution in [-0.2, 0) is 4.79 Å². The van der Waals surface area contributed by atoms with Crippen molar-refractivity contribution in [1.29, 1.82) is 0 Å². The summed E-state index contributed by atoms with van der Waals surface area (Å²) in [5.41, 5.74) is -1.30. The van der Waals surface area contributed by atoms with Gasteiger partial charge in [0.15, 0.2) is 18.1 Å². The summed E-state index contributed by atoms with van der Waals surface area (Å²) in [6.07, 6.45) is 0.950. The number of likely N-dealkylation sites (tertiary alicyclic amines) is 1. The highest BCUT2D eigenvalue weighted by molar-refractivity contribution is 5.78. The molecule has 1 N–H and O–H groups in total. The largest absolute Gasteiger partial charge is 0.480 e. The van der Waals surface area contributed by atoms with Crippen LogP contribution in [0.25, 0.3) is 11.4 Å². The molecule has 0 radical (unpaired) electrons. The molecule has 37 heavy (non-hydrogen) atoms. The molecule has 0 atom stereocenters. The summed E-state index contributed by atoms with van der Waals surface area (Å²) in [6.45, 7) is 2.96. The van der Waals surface area contributed by atoms with E-state index in [-0.39, 0.29) is 24.0 Å². The number of hydrogen-bond acceptors (Lipinski definition) is 6. The van der Waals surface area contributed by atoms with Gasteiger partial charge in [-0.1, -0.05) is 30.3 Å². The van der Waals surface area contributed by atoms with Crippen molar-refractivity contribution in [3.63, 3.8) is 0 Å². The number of amides is 1. The number of nitrogens with zero attached hydrogens (tertiary/aromatic N) is 3. The summed E-state index contributed by atoms with van der Waals surface area (Å²) in [5, 5.41) is 0. The van der Waals surface area contributed by atoms with Crippen LogP contribution in [0.15, 0.2) is 87.2 Å². The highest BCUT2D eigenvalue weighted by Gasteiger charge is 2.22. The number of aromatic amines is 1. The van der Waals surface area contributed by atoms with Gasteiger partial charge < -0.3 is 14.4 Å². The van der Waals surface area contributed by atoms with Gasteiger partial charge in [0.1, 0.15) is 5.75 Å². The summed E-state index contributed by atoms with van der Waals surface area (Å²) in [6, 6.07) is 20.3. The Kier molecular flexibility index (Phi) is 6.46. The maximum absolute atomic E-state index is 13.4. The third-order valence-electron chi connectivity index (χ3n) is 5.98. The van der Waals surface area contributed by atoms with Gasteiger partial charge in [0, 0.05) is 19.2 Å². The minimum absolute atomic E-state index is 0.138. The third-order valence-corrected chi connectivity index (χ3v) is 5.98. The Morgan fingerprint density at radius 1 is 0.838 bits per heavy atom. The second kappa shape index (κ2) is 10.0. The SMILES string of the molecule is Cc1cccc(-n2c(=O)[nH]c(=O)n(-c3ccc(Oc4ccccc4)c(OCC(=O)N4CCC4)c3)c2=O)c1. The second-order valence-electron chi connectivity index (χ2n) is 8.60. The lowest BCUT2D eigenvalue weighted by Crippen LogP contribution is -2.48. The molecular weight excluding hydrogens is 476 g/mol. The number of para-hydroxylation sites is 1. The summed E-state index contributed by atoms with van der Waals surface area (Å²) < 4.78 is 13.5. The van der Waals surface area contributed by atoms with E-state index in [4.69, 9.17) is 9.47 Å². The van der Waals surface area contributed by atoms with E-state index in [1.807, 2.05) is 31.2 Å². The Morgan fingerprint density at radius 2 is 1.54 bits per heavy atom. The summed E-state index contributed by atoms with van der Waals surface area (Å²) >= 11 is 0. The van der Waals surface area contributed by atoms with Crippen LogP contribution in [0.2, 0.25) is 0 Å². The molecule has 0 bridgehead atoms. The Bertz CT molecular complexity index is 1630. The van der Waals surface area contributed by atoms with Gasteiger partial charge in [0.2, 0.25) is 0 Å². The first-order valence-electron chi connectivity index (χ1n) is 11.7. The maximum atomic E-state index is 13.4. The van der Waals surface area contributed by atoms with Gasteiger partial charge in [-0.15, -0.1) is 0 Å². The van der Waals surface area contributed by atoms with E-state index in [2.05, 4.69) is 4.98 Å². The standard InChI is InChI=1S/C27H24N4O6/c1-18-7-5-8-19(15-18)30-25(33)28-26(34)31(27(30)35)20-11-12-22(37-21-9-3-2-4-10-21)23(16-20)36-17-24(32)29-13-6-14-29/h2-5,7-12,15-16H,6,13-14,17H2,1H3,(H,28,33,34). The highest BCUT2D eigenvalue weighted by atomic mass is 16.5.